The van der Waals surface area contributed by atoms with Crippen molar-refractivity contribution in [3.63, 3.8) is 0 Å². The SMILES string of the molecule is CCCOc1ccccc1/C=C/C(=O)Nc1nc(-c2ccccc2)cs1. The summed E-state index contributed by atoms with van der Waals surface area (Å²) in [5, 5.41) is 5.32. The lowest BCUT2D eigenvalue weighted by Gasteiger charge is -2.07. The molecule has 0 saturated heterocycles. The summed E-state index contributed by atoms with van der Waals surface area (Å²) in [5.41, 5.74) is 2.76. The largest absolute Gasteiger partial charge is 0.493 e. The van der Waals surface area contributed by atoms with Gasteiger partial charge in [-0.3, -0.25) is 10.1 Å². The lowest BCUT2D eigenvalue weighted by molar-refractivity contribution is -0.111. The molecule has 0 unspecified atom stereocenters. The van der Waals surface area contributed by atoms with Gasteiger partial charge in [-0.1, -0.05) is 55.5 Å². The maximum absolute atomic E-state index is 12.2. The second kappa shape index (κ2) is 8.97. The number of rotatable bonds is 7. The molecule has 1 N–H and O–H groups in total. The third-order valence-corrected chi connectivity index (χ3v) is 4.36. The summed E-state index contributed by atoms with van der Waals surface area (Å²) in [6.45, 7) is 2.71. The van der Waals surface area contributed by atoms with E-state index in [1.807, 2.05) is 60.0 Å². The molecule has 26 heavy (non-hydrogen) atoms. The molecule has 0 aliphatic heterocycles. The monoisotopic (exact) mass is 364 g/mol. The van der Waals surface area contributed by atoms with Crippen LogP contribution in [-0.2, 0) is 4.79 Å². The fourth-order valence-corrected chi connectivity index (χ4v) is 3.07. The Morgan fingerprint density at radius 1 is 1.15 bits per heavy atom. The Hall–Kier alpha value is -2.92. The van der Waals surface area contributed by atoms with Crippen LogP contribution in [0.5, 0.6) is 5.75 Å². The first-order chi connectivity index (χ1) is 12.8. The van der Waals surface area contributed by atoms with Gasteiger partial charge in [-0.05, 0) is 18.6 Å². The number of hydrogen-bond donors (Lipinski definition) is 1. The maximum Gasteiger partial charge on any atom is 0.250 e. The predicted molar refractivity (Wildman–Crippen MR) is 107 cm³/mol. The number of thiazole rings is 1. The summed E-state index contributed by atoms with van der Waals surface area (Å²) in [4.78, 5) is 16.6. The molecular formula is C21H20N2O2S. The molecule has 5 heteroatoms. The lowest BCUT2D eigenvalue weighted by Crippen LogP contribution is -2.07. The first-order valence-electron chi connectivity index (χ1n) is 8.48. The number of hydrogen-bond acceptors (Lipinski definition) is 4. The Labute approximate surface area is 157 Å². The maximum atomic E-state index is 12.2. The van der Waals surface area contributed by atoms with Crippen molar-refractivity contribution in [1.29, 1.82) is 0 Å². The minimum atomic E-state index is -0.218. The molecule has 3 aromatic rings. The lowest BCUT2D eigenvalue weighted by atomic mass is 10.2. The molecule has 0 spiro atoms. The van der Waals surface area contributed by atoms with E-state index in [1.54, 1.807) is 6.08 Å². The van der Waals surface area contributed by atoms with Crippen LogP contribution in [0.3, 0.4) is 0 Å². The van der Waals surface area contributed by atoms with E-state index in [2.05, 4.69) is 17.2 Å². The van der Waals surface area contributed by atoms with E-state index in [4.69, 9.17) is 4.74 Å². The average molecular weight is 364 g/mol. The molecule has 0 bridgehead atoms. The number of nitrogens with zero attached hydrogens (tertiary/aromatic N) is 1. The van der Waals surface area contributed by atoms with E-state index in [0.717, 1.165) is 29.0 Å². The normalized spacial score (nSPS) is 10.8. The van der Waals surface area contributed by atoms with Crippen molar-refractivity contribution in [3.8, 4) is 17.0 Å². The molecule has 0 radical (unpaired) electrons. The first-order valence-corrected chi connectivity index (χ1v) is 9.36. The van der Waals surface area contributed by atoms with Gasteiger partial charge in [0, 0.05) is 22.6 Å². The average Bonchev–Trinajstić information content (AvgIpc) is 3.14. The number of ether oxygens (including phenoxy) is 1. The first kappa shape index (κ1) is 17.9. The molecule has 3 rings (SSSR count). The number of anilines is 1. The zero-order chi connectivity index (χ0) is 18.2. The molecule has 1 heterocycles. The van der Waals surface area contributed by atoms with Crippen molar-refractivity contribution in [3.05, 3.63) is 71.6 Å². The van der Waals surface area contributed by atoms with E-state index in [9.17, 15) is 4.79 Å². The summed E-state index contributed by atoms with van der Waals surface area (Å²) in [6.07, 6.45) is 4.19. The van der Waals surface area contributed by atoms with Gasteiger partial charge >= 0.3 is 0 Å². The highest BCUT2D eigenvalue weighted by Gasteiger charge is 2.06. The second-order valence-electron chi connectivity index (χ2n) is 5.61. The highest BCUT2D eigenvalue weighted by molar-refractivity contribution is 7.14. The summed E-state index contributed by atoms with van der Waals surface area (Å²) >= 11 is 1.41. The van der Waals surface area contributed by atoms with Gasteiger partial charge in [-0.2, -0.15) is 0 Å². The number of benzene rings is 2. The summed E-state index contributed by atoms with van der Waals surface area (Å²) < 4.78 is 5.70. The number of carbonyl (C=O) groups excluding carboxylic acids is 1. The number of carbonyl (C=O) groups is 1. The summed E-state index contributed by atoms with van der Waals surface area (Å²) in [7, 11) is 0. The van der Waals surface area contributed by atoms with E-state index in [-0.39, 0.29) is 5.91 Å². The molecule has 1 aromatic heterocycles. The minimum Gasteiger partial charge on any atom is -0.493 e. The van der Waals surface area contributed by atoms with Crippen LogP contribution in [0.4, 0.5) is 5.13 Å². The Bertz CT molecular complexity index is 888. The molecule has 0 fully saturated rings. The van der Waals surface area contributed by atoms with E-state index in [0.29, 0.717) is 11.7 Å². The highest BCUT2D eigenvalue weighted by atomic mass is 32.1. The van der Waals surface area contributed by atoms with Crippen LogP contribution >= 0.6 is 11.3 Å². The van der Waals surface area contributed by atoms with E-state index < -0.39 is 0 Å². The van der Waals surface area contributed by atoms with Crippen molar-refractivity contribution in [2.24, 2.45) is 0 Å². The van der Waals surface area contributed by atoms with Crippen LogP contribution in [0.25, 0.3) is 17.3 Å². The summed E-state index contributed by atoms with van der Waals surface area (Å²) in [5.74, 6) is 0.559. The smallest absolute Gasteiger partial charge is 0.250 e. The van der Waals surface area contributed by atoms with E-state index in [1.165, 1.54) is 17.4 Å². The van der Waals surface area contributed by atoms with Crippen molar-refractivity contribution < 1.29 is 9.53 Å². The molecule has 0 aliphatic carbocycles. The second-order valence-corrected chi connectivity index (χ2v) is 6.47. The molecule has 0 atom stereocenters. The molecule has 4 nitrogen and oxygen atoms in total. The molecule has 0 aliphatic rings. The highest BCUT2D eigenvalue weighted by Crippen LogP contribution is 2.25. The standard InChI is InChI=1S/C21H20N2O2S/c1-2-14-25-19-11-7-6-10-17(19)12-13-20(24)23-21-22-18(15-26-21)16-8-4-3-5-9-16/h3-13,15H,2,14H2,1H3,(H,22,23,24)/b13-12+. The van der Waals surface area contributed by atoms with Crippen molar-refractivity contribution in [1.82, 2.24) is 4.98 Å². The van der Waals surface area contributed by atoms with Crippen LogP contribution in [0.15, 0.2) is 66.1 Å². The van der Waals surface area contributed by atoms with Crippen LogP contribution in [0.2, 0.25) is 0 Å². The van der Waals surface area contributed by atoms with Gasteiger partial charge < -0.3 is 4.74 Å². The van der Waals surface area contributed by atoms with Gasteiger partial charge in [0.2, 0.25) is 5.91 Å². The minimum absolute atomic E-state index is 0.218. The summed E-state index contributed by atoms with van der Waals surface area (Å²) in [6, 6.07) is 17.5. The number of para-hydroxylation sites is 1. The van der Waals surface area contributed by atoms with Gasteiger partial charge in [0.25, 0.3) is 0 Å². The Balaban J connectivity index is 1.64. The zero-order valence-electron chi connectivity index (χ0n) is 14.5. The molecule has 132 valence electrons. The van der Waals surface area contributed by atoms with Crippen molar-refractivity contribution in [2.75, 3.05) is 11.9 Å². The molecule has 0 saturated carbocycles. The van der Waals surface area contributed by atoms with Gasteiger partial charge in [0.1, 0.15) is 5.75 Å². The van der Waals surface area contributed by atoms with Crippen LogP contribution in [0.1, 0.15) is 18.9 Å². The Morgan fingerprint density at radius 3 is 2.73 bits per heavy atom. The Morgan fingerprint density at radius 2 is 1.92 bits per heavy atom. The fraction of sp³-hybridized carbons (Fsp3) is 0.143. The fourth-order valence-electron chi connectivity index (χ4n) is 2.35. The van der Waals surface area contributed by atoms with Crippen molar-refractivity contribution >= 4 is 28.5 Å². The quantitative estimate of drug-likeness (QED) is 0.583. The molecular weight excluding hydrogens is 344 g/mol. The predicted octanol–water partition coefficient (Wildman–Crippen LogP) is 5.25. The zero-order valence-corrected chi connectivity index (χ0v) is 15.3. The topological polar surface area (TPSA) is 51.2 Å². The Kier molecular flexibility index (Phi) is 6.17. The molecule has 2 aromatic carbocycles. The van der Waals surface area contributed by atoms with Gasteiger partial charge in [-0.25, -0.2) is 4.98 Å². The number of nitrogens with one attached hydrogen (secondary N) is 1. The number of amides is 1. The number of aromatic nitrogens is 1. The van der Waals surface area contributed by atoms with Gasteiger partial charge in [-0.15, -0.1) is 11.3 Å². The third kappa shape index (κ3) is 4.80. The van der Waals surface area contributed by atoms with Gasteiger partial charge in [0.05, 0.1) is 12.3 Å². The van der Waals surface area contributed by atoms with E-state index >= 15 is 0 Å². The van der Waals surface area contributed by atoms with Gasteiger partial charge in [0.15, 0.2) is 5.13 Å². The molecule has 1 amide bonds. The van der Waals surface area contributed by atoms with Crippen LogP contribution in [0, 0.1) is 0 Å². The third-order valence-electron chi connectivity index (χ3n) is 3.60. The van der Waals surface area contributed by atoms with Crippen LogP contribution < -0.4 is 10.1 Å². The van der Waals surface area contributed by atoms with Crippen LogP contribution in [-0.4, -0.2) is 17.5 Å². The van der Waals surface area contributed by atoms with Crippen molar-refractivity contribution in [2.45, 2.75) is 13.3 Å².